The summed E-state index contributed by atoms with van der Waals surface area (Å²) in [6.07, 6.45) is 1.40. The molecule has 106 valence electrons. The number of furan rings is 1. The Labute approximate surface area is 122 Å². The molecule has 3 aromatic rings. The number of hydrogen-bond acceptors (Lipinski definition) is 6. The minimum absolute atomic E-state index is 0.0283. The van der Waals surface area contributed by atoms with Crippen molar-refractivity contribution in [3.05, 3.63) is 46.9 Å². The van der Waals surface area contributed by atoms with E-state index in [2.05, 4.69) is 20.6 Å². The molecule has 21 heavy (non-hydrogen) atoms. The highest BCUT2D eigenvalue weighted by Gasteiger charge is 2.07. The molecule has 2 N–H and O–H groups in total. The summed E-state index contributed by atoms with van der Waals surface area (Å²) >= 11 is 5.73. The zero-order valence-electron chi connectivity index (χ0n) is 10.4. The molecule has 1 aromatic carbocycles. The Balaban J connectivity index is 1.84. The Hall–Kier alpha value is -2.74. The Morgan fingerprint density at radius 3 is 2.90 bits per heavy atom. The highest BCUT2D eigenvalue weighted by Crippen LogP contribution is 2.26. The van der Waals surface area contributed by atoms with Crippen LogP contribution in [0.25, 0.3) is 11.3 Å². The van der Waals surface area contributed by atoms with Crippen molar-refractivity contribution in [2.45, 2.75) is 0 Å². The number of nitrogens with zero attached hydrogens (tertiary/aromatic N) is 5. The fourth-order valence-corrected chi connectivity index (χ4v) is 1.79. The molecule has 0 saturated heterocycles. The van der Waals surface area contributed by atoms with Gasteiger partial charge in [-0.2, -0.15) is 5.10 Å². The van der Waals surface area contributed by atoms with Gasteiger partial charge in [0.2, 0.25) is 0 Å². The molecular weight excluding hydrogens is 299 g/mol. The van der Waals surface area contributed by atoms with Crippen LogP contribution < -0.4 is 5.73 Å². The van der Waals surface area contributed by atoms with Crippen LogP contribution in [-0.2, 0) is 0 Å². The lowest BCUT2D eigenvalue weighted by Gasteiger charge is -1.98. The first-order chi connectivity index (χ1) is 10.1. The van der Waals surface area contributed by atoms with Crippen LogP contribution in [0.1, 0.15) is 5.76 Å². The minimum Gasteiger partial charge on any atom is -0.455 e. The van der Waals surface area contributed by atoms with Crippen molar-refractivity contribution in [2.75, 3.05) is 5.73 Å². The molecule has 0 saturated carbocycles. The Bertz CT molecular complexity index is 812. The van der Waals surface area contributed by atoms with E-state index in [0.717, 1.165) is 4.79 Å². The van der Waals surface area contributed by atoms with E-state index < -0.39 is 5.82 Å². The van der Waals surface area contributed by atoms with Gasteiger partial charge in [-0.15, -0.1) is 0 Å². The zero-order valence-corrected chi connectivity index (χ0v) is 11.2. The second-order valence-electron chi connectivity index (χ2n) is 4.00. The molecular formula is C12H8ClFN6O. The first-order valence-corrected chi connectivity index (χ1v) is 6.15. The quantitative estimate of drug-likeness (QED) is 0.748. The van der Waals surface area contributed by atoms with Crippen LogP contribution in [0.3, 0.4) is 0 Å². The molecule has 2 heterocycles. The van der Waals surface area contributed by atoms with Gasteiger partial charge >= 0.3 is 0 Å². The molecule has 0 aliphatic rings. The lowest BCUT2D eigenvalue weighted by atomic mass is 10.2. The van der Waals surface area contributed by atoms with Gasteiger partial charge in [0.25, 0.3) is 5.95 Å². The maximum atomic E-state index is 13.1. The molecule has 7 nitrogen and oxygen atoms in total. The van der Waals surface area contributed by atoms with E-state index in [4.69, 9.17) is 21.8 Å². The van der Waals surface area contributed by atoms with Gasteiger partial charge in [-0.3, -0.25) is 0 Å². The van der Waals surface area contributed by atoms with E-state index in [-0.39, 0.29) is 11.0 Å². The highest BCUT2D eigenvalue weighted by atomic mass is 35.5. The third-order valence-corrected chi connectivity index (χ3v) is 2.89. The van der Waals surface area contributed by atoms with Crippen LogP contribution in [0.4, 0.5) is 10.3 Å². The van der Waals surface area contributed by atoms with E-state index in [9.17, 15) is 4.39 Å². The summed E-state index contributed by atoms with van der Waals surface area (Å²) in [6, 6.07) is 7.73. The molecule has 0 unspecified atom stereocenters. The minimum atomic E-state index is -0.483. The Morgan fingerprint density at radius 2 is 2.19 bits per heavy atom. The summed E-state index contributed by atoms with van der Waals surface area (Å²) in [6.45, 7) is 0. The lowest BCUT2D eigenvalue weighted by molar-refractivity contribution is 0.572. The van der Waals surface area contributed by atoms with E-state index in [1.165, 1.54) is 18.3 Å². The standard InChI is InChI=1S/C12H8ClFN6O/c13-9-5-7(1-3-10(9)14)11-4-2-8(21-11)6-16-20-12(15)17-18-19-20/h1-6H,(H2,15,17,19)/b16-6+. The van der Waals surface area contributed by atoms with Gasteiger partial charge in [-0.05, 0) is 40.8 Å². The van der Waals surface area contributed by atoms with Gasteiger partial charge < -0.3 is 10.2 Å². The second kappa shape index (κ2) is 5.33. The molecule has 0 atom stereocenters. The summed E-state index contributed by atoms with van der Waals surface area (Å²) in [5.41, 5.74) is 6.12. The van der Waals surface area contributed by atoms with Crippen molar-refractivity contribution in [3.8, 4) is 11.3 Å². The zero-order chi connectivity index (χ0) is 14.8. The van der Waals surface area contributed by atoms with E-state index in [1.54, 1.807) is 18.2 Å². The van der Waals surface area contributed by atoms with Crippen molar-refractivity contribution < 1.29 is 8.81 Å². The van der Waals surface area contributed by atoms with Gasteiger partial charge in [-0.25, -0.2) is 4.39 Å². The molecule has 0 amide bonds. The van der Waals surface area contributed by atoms with E-state index in [0.29, 0.717) is 17.1 Å². The summed E-state index contributed by atoms with van der Waals surface area (Å²) < 4.78 is 18.7. The third kappa shape index (κ3) is 2.75. The van der Waals surface area contributed by atoms with Gasteiger partial charge in [0.05, 0.1) is 11.2 Å². The monoisotopic (exact) mass is 306 g/mol. The van der Waals surface area contributed by atoms with Gasteiger partial charge in [-0.1, -0.05) is 21.5 Å². The lowest BCUT2D eigenvalue weighted by Crippen LogP contribution is -1.99. The Kier molecular flexibility index (Phi) is 3.36. The van der Waals surface area contributed by atoms with Gasteiger partial charge in [0.1, 0.15) is 17.3 Å². The molecule has 9 heteroatoms. The Morgan fingerprint density at radius 1 is 1.33 bits per heavy atom. The summed E-state index contributed by atoms with van der Waals surface area (Å²) in [4.78, 5) is 1.05. The molecule has 0 spiro atoms. The van der Waals surface area contributed by atoms with Crippen molar-refractivity contribution >= 4 is 23.8 Å². The number of nitrogen functional groups attached to an aromatic ring is 1. The average molecular weight is 307 g/mol. The summed E-state index contributed by atoms with van der Waals surface area (Å²) in [5.74, 6) is 0.564. The largest absolute Gasteiger partial charge is 0.455 e. The van der Waals surface area contributed by atoms with Crippen LogP contribution in [-0.4, -0.2) is 26.5 Å². The molecule has 2 aromatic heterocycles. The number of hydrogen-bond donors (Lipinski definition) is 1. The molecule has 0 fully saturated rings. The topological polar surface area (TPSA) is 95.1 Å². The summed E-state index contributed by atoms with van der Waals surface area (Å²) in [5, 5.41) is 14.3. The molecule has 3 rings (SSSR count). The molecule has 0 aliphatic carbocycles. The van der Waals surface area contributed by atoms with Crippen LogP contribution >= 0.6 is 11.6 Å². The van der Waals surface area contributed by atoms with E-state index in [1.807, 2.05) is 0 Å². The first-order valence-electron chi connectivity index (χ1n) is 5.77. The van der Waals surface area contributed by atoms with Crippen LogP contribution in [0.15, 0.2) is 39.9 Å². The predicted octanol–water partition coefficient (Wildman–Crippen LogP) is 2.19. The maximum Gasteiger partial charge on any atom is 0.263 e. The predicted molar refractivity (Wildman–Crippen MR) is 74.3 cm³/mol. The number of nitrogens with two attached hydrogens (primary N) is 1. The van der Waals surface area contributed by atoms with Crippen molar-refractivity contribution in [2.24, 2.45) is 5.10 Å². The van der Waals surface area contributed by atoms with Crippen molar-refractivity contribution in [1.29, 1.82) is 0 Å². The highest BCUT2D eigenvalue weighted by molar-refractivity contribution is 6.31. The normalized spacial score (nSPS) is 11.3. The van der Waals surface area contributed by atoms with Crippen molar-refractivity contribution in [3.63, 3.8) is 0 Å². The van der Waals surface area contributed by atoms with Crippen LogP contribution in [0.5, 0.6) is 0 Å². The number of anilines is 1. The van der Waals surface area contributed by atoms with Gasteiger partial charge in [0, 0.05) is 5.56 Å². The SMILES string of the molecule is Nc1nnnn1/N=C/c1ccc(-c2ccc(F)c(Cl)c2)o1. The maximum absolute atomic E-state index is 13.1. The number of halogens is 2. The van der Waals surface area contributed by atoms with E-state index >= 15 is 0 Å². The smallest absolute Gasteiger partial charge is 0.263 e. The number of tetrazole rings is 1. The molecule has 0 radical (unpaired) electrons. The van der Waals surface area contributed by atoms with Crippen LogP contribution in [0, 0.1) is 5.82 Å². The average Bonchev–Trinajstić information content (AvgIpc) is 3.09. The van der Waals surface area contributed by atoms with Gasteiger partial charge in [0.15, 0.2) is 0 Å². The fraction of sp³-hybridized carbons (Fsp3) is 0. The van der Waals surface area contributed by atoms with Crippen LogP contribution in [0.2, 0.25) is 5.02 Å². The number of rotatable bonds is 3. The fourth-order valence-electron chi connectivity index (χ4n) is 1.61. The molecule has 0 aliphatic heterocycles. The number of aromatic nitrogens is 4. The van der Waals surface area contributed by atoms with Crippen molar-refractivity contribution in [1.82, 2.24) is 20.3 Å². The second-order valence-corrected chi connectivity index (χ2v) is 4.41. The first kappa shape index (κ1) is 13.3. The summed E-state index contributed by atoms with van der Waals surface area (Å²) in [7, 11) is 0. The number of benzene rings is 1. The third-order valence-electron chi connectivity index (χ3n) is 2.60. The molecule has 0 bridgehead atoms.